The minimum absolute atomic E-state index is 0. The maximum Gasteiger partial charge on any atom is 2.00 e. The van der Waals surface area contributed by atoms with E-state index in [0.717, 1.165) is 0 Å². The first-order valence-electron chi connectivity index (χ1n) is 6.79. The van der Waals surface area contributed by atoms with E-state index in [4.69, 9.17) is 20.4 Å². The topological polar surface area (TPSA) is 137 Å². The summed E-state index contributed by atoms with van der Waals surface area (Å²) in [5.74, 6) is 0. The van der Waals surface area contributed by atoms with E-state index in [9.17, 15) is 0 Å². The summed E-state index contributed by atoms with van der Waals surface area (Å²) in [4.78, 5) is 0. The van der Waals surface area contributed by atoms with Crippen LogP contribution in [0.2, 0.25) is 0 Å². The summed E-state index contributed by atoms with van der Waals surface area (Å²) in [6, 6.07) is 0. The van der Waals surface area contributed by atoms with E-state index in [2.05, 4.69) is 21.3 Å². The molecule has 0 aliphatic rings. The summed E-state index contributed by atoms with van der Waals surface area (Å²) in [5, 5.41) is 49.0. The maximum atomic E-state index is 8.30. The molecule has 0 saturated heterocycles. The van der Waals surface area contributed by atoms with Crippen molar-refractivity contribution in [1.29, 1.82) is 0 Å². The summed E-state index contributed by atoms with van der Waals surface area (Å²) in [6.45, 7) is 5.04. The van der Waals surface area contributed by atoms with Crippen LogP contribution in [0.1, 0.15) is 0 Å². The van der Waals surface area contributed by atoms with Gasteiger partial charge in [-0.25, -0.2) is 0 Å². The molecule has 21 heavy (non-hydrogen) atoms. The Balaban J connectivity index is -0.000000295. The standard InChI is InChI=1S/2C6H14N2O2.Ni/c2*9-5-3-7-1-2-8-4-6-10;/h2*9-10H,1-6H2;/q2*-2;+2. The summed E-state index contributed by atoms with van der Waals surface area (Å²) in [7, 11) is 0. The zero-order chi connectivity index (χ0) is 15.3. The molecule has 4 N–H and O–H groups in total. The molecule has 0 heterocycles. The van der Waals surface area contributed by atoms with Crippen molar-refractivity contribution in [2.45, 2.75) is 0 Å². The second kappa shape index (κ2) is 28.4. The summed E-state index contributed by atoms with van der Waals surface area (Å²) in [6.07, 6.45) is 0. The maximum absolute atomic E-state index is 8.30. The Hall–Kier alpha value is 0.174. The van der Waals surface area contributed by atoms with Gasteiger partial charge in [0.15, 0.2) is 0 Å². The summed E-state index contributed by atoms with van der Waals surface area (Å²) >= 11 is 0. The summed E-state index contributed by atoms with van der Waals surface area (Å²) < 4.78 is 0. The van der Waals surface area contributed by atoms with Crippen LogP contribution >= 0.6 is 0 Å². The first kappa shape index (κ1) is 26.1. The number of hydrogen-bond donors (Lipinski definition) is 4. The molecule has 0 radical (unpaired) electrons. The number of hydrogen-bond acceptors (Lipinski definition) is 4. The Morgan fingerprint density at radius 2 is 0.571 bits per heavy atom. The number of aliphatic hydroxyl groups excluding tert-OH is 4. The molecule has 0 atom stereocenters. The Bertz CT molecular complexity index is 129. The molecule has 0 aliphatic heterocycles. The average molecular weight is 351 g/mol. The minimum atomic E-state index is 0. The molecule has 0 rings (SSSR count). The van der Waals surface area contributed by atoms with E-state index in [1.54, 1.807) is 0 Å². The molecule has 9 heteroatoms. The molecule has 0 aromatic carbocycles. The predicted octanol–water partition coefficient (Wildman–Crippen LogP) is -0.566. The van der Waals surface area contributed by atoms with Gasteiger partial charge in [-0.15, -0.1) is 26.2 Å². The van der Waals surface area contributed by atoms with Crippen LogP contribution in [0.5, 0.6) is 0 Å². The van der Waals surface area contributed by atoms with E-state index in [1.807, 2.05) is 0 Å². The van der Waals surface area contributed by atoms with E-state index < -0.39 is 0 Å². The fourth-order valence-electron chi connectivity index (χ4n) is 1.01. The van der Waals surface area contributed by atoms with Crippen LogP contribution in [0.25, 0.3) is 21.3 Å². The Morgan fingerprint density at radius 1 is 0.381 bits per heavy atom. The molecule has 0 unspecified atom stereocenters. The van der Waals surface area contributed by atoms with Crippen molar-refractivity contribution in [3.63, 3.8) is 0 Å². The SMILES string of the molecule is OCC[N-]CC[N-]CCO.OCC[N-]CC[N-]CCO.[Ni+2]. The van der Waals surface area contributed by atoms with Gasteiger partial charge in [-0.05, 0) is 0 Å². The summed E-state index contributed by atoms with van der Waals surface area (Å²) in [5.41, 5.74) is 0. The van der Waals surface area contributed by atoms with Gasteiger partial charge in [0.25, 0.3) is 0 Å². The third-order valence-electron chi connectivity index (χ3n) is 1.86. The van der Waals surface area contributed by atoms with Gasteiger partial charge in [0.05, 0.1) is 0 Å². The van der Waals surface area contributed by atoms with Crippen molar-refractivity contribution >= 4 is 0 Å². The zero-order valence-corrected chi connectivity index (χ0v) is 13.4. The van der Waals surface area contributed by atoms with Crippen LogP contribution in [0.15, 0.2) is 0 Å². The van der Waals surface area contributed by atoms with Crippen molar-refractivity contribution in [2.24, 2.45) is 0 Å². The fourth-order valence-corrected chi connectivity index (χ4v) is 1.01. The van der Waals surface area contributed by atoms with Crippen molar-refractivity contribution in [1.82, 2.24) is 0 Å². The van der Waals surface area contributed by atoms with Crippen LogP contribution in [0.4, 0.5) is 0 Å². The monoisotopic (exact) mass is 350 g/mol. The largest absolute Gasteiger partial charge is 2.00 e. The van der Waals surface area contributed by atoms with Gasteiger partial charge in [-0.2, -0.15) is 26.2 Å². The van der Waals surface area contributed by atoms with E-state index in [0.29, 0.717) is 52.4 Å². The third-order valence-corrected chi connectivity index (χ3v) is 1.86. The van der Waals surface area contributed by atoms with E-state index in [-0.39, 0.29) is 42.9 Å². The second-order valence-corrected chi connectivity index (χ2v) is 3.58. The average Bonchev–Trinajstić information content (AvgIpc) is 2.47. The van der Waals surface area contributed by atoms with Gasteiger partial charge in [-0.3, -0.25) is 0 Å². The van der Waals surface area contributed by atoms with Crippen LogP contribution < -0.4 is 0 Å². The van der Waals surface area contributed by atoms with Gasteiger partial charge in [0.1, 0.15) is 0 Å². The van der Waals surface area contributed by atoms with Crippen molar-refractivity contribution in [3.8, 4) is 0 Å². The molecular weight excluding hydrogens is 323 g/mol. The predicted molar refractivity (Wildman–Crippen MR) is 80.7 cm³/mol. The molecule has 0 bridgehead atoms. The van der Waals surface area contributed by atoms with Crippen molar-refractivity contribution in [2.75, 3.05) is 78.8 Å². The number of aliphatic hydroxyl groups is 4. The number of nitrogens with zero attached hydrogens (tertiary/aromatic N) is 4. The van der Waals surface area contributed by atoms with E-state index >= 15 is 0 Å². The normalized spacial score (nSPS) is 9.71. The molecular formula is C12H28N4NiO4-2. The quantitative estimate of drug-likeness (QED) is 0.246. The van der Waals surface area contributed by atoms with Gasteiger partial charge >= 0.3 is 16.5 Å². The fraction of sp³-hybridized carbons (Fsp3) is 1.00. The first-order chi connectivity index (χ1) is 9.83. The van der Waals surface area contributed by atoms with Gasteiger partial charge in [-0.1, -0.05) is 0 Å². The first-order valence-corrected chi connectivity index (χ1v) is 6.79. The molecule has 0 aliphatic carbocycles. The Kier molecular flexibility index (Phi) is 35.2. The Morgan fingerprint density at radius 3 is 0.714 bits per heavy atom. The van der Waals surface area contributed by atoms with Crippen molar-refractivity contribution in [3.05, 3.63) is 21.3 Å². The molecule has 8 nitrogen and oxygen atoms in total. The second-order valence-electron chi connectivity index (χ2n) is 3.58. The van der Waals surface area contributed by atoms with Gasteiger partial charge in [0, 0.05) is 26.4 Å². The minimum Gasteiger partial charge on any atom is -0.662 e. The van der Waals surface area contributed by atoms with Gasteiger partial charge in [0.2, 0.25) is 0 Å². The molecule has 0 saturated carbocycles. The van der Waals surface area contributed by atoms with Crippen molar-refractivity contribution < 1.29 is 36.9 Å². The Labute approximate surface area is 137 Å². The molecule has 132 valence electrons. The van der Waals surface area contributed by atoms with E-state index in [1.165, 1.54) is 0 Å². The molecule has 0 fully saturated rings. The molecule has 0 spiro atoms. The van der Waals surface area contributed by atoms with Gasteiger partial charge < -0.3 is 41.7 Å². The molecule has 0 amide bonds. The van der Waals surface area contributed by atoms with Crippen LogP contribution in [0.3, 0.4) is 0 Å². The molecule has 0 aromatic heterocycles. The zero-order valence-electron chi connectivity index (χ0n) is 12.4. The number of rotatable bonds is 14. The third kappa shape index (κ3) is 33.2. The van der Waals surface area contributed by atoms with Crippen LogP contribution in [-0.2, 0) is 16.5 Å². The van der Waals surface area contributed by atoms with Crippen LogP contribution in [-0.4, -0.2) is 99.2 Å². The van der Waals surface area contributed by atoms with Crippen LogP contribution in [0, 0.1) is 0 Å². The smallest absolute Gasteiger partial charge is 0.662 e. The molecule has 0 aromatic rings.